The fourth-order valence-corrected chi connectivity index (χ4v) is 3.49. The summed E-state index contributed by atoms with van der Waals surface area (Å²) in [6.45, 7) is 2.91. The van der Waals surface area contributed by atoms with E-state index in [1.54, 1.807) is 35.7 Å². The summed E-state index contributed by atoms with van der Waals surface area (Å²) in [6, 6.07) is 15.5. The maximum atomic E-state index is 12.8. The van der Waals surface area contributed by atoms with Crippen LogP contribution in [0.4, 0.5) is 0 Å². The molecule has 0 saturated heterocycles. The van der Waals surface area contributed by atoms with E-state index in [2.05, 4.69) is 27.7 Å². The maximum Gasteiger partial charge on any atom is 0.263 e. The average Bonchev–Trinajstić information content (AvgIpc) is 3.29. The van der Waals surface area contributed by atoms with Crippen molar-refractivity contribution >= 4 is 5.91 Å². The molecule has 0 unspecified atom stereocenters. The van der Waals surface area contributed by atoms with Crippen molar-refractivity contribution in [1.29, 1.82) is 0 Å². The zero-order valence-electron chi connectivity index (χ0n) is 16.4. The van der Waals surface area contributed by atoms with E-state index in [1.807, 2.05) is 24.3 Å². The first kappa shape index (κ1) is 19.1. The van der Waals surface area contributed by atoms with Gasteiger partial charge in [-0.3, -0.25) is 4.79 Å². The second-order valence-electron chi connectivity index (χ2n) is 7.04. The van der Waals surface area contributed by atoms with Crippen molar-refractivity contribution in [2.24, 2.45) is 0 Å². The number of amides is 1. The van der Waals surface area contributed by atoms with Gasteiger partial charge in [-0.15, -0.1) is 5.10 Å². The quantitative estimate of drug-likeness (QED) is 0.639. The molecule has 1 aliphatic heterocycles. The van der Waals surface area contributed by atoms with Crippen LogP contribution >= 0.6 is 0 Å². The van der Waals surface area contributed by atoms with Crippen LogP contribution in [0.25, 0.3) is 5.69 Å². The Balaban J connectivity index is 1.36. The van der Waals surface area contributed by atoms with Crippen LogP contribution in [0, 0.1) is 0 Å². The Labute approximate surface area is 169 Å². The first-order valence-corrected chi connectivity index (χ1v) is 9.56. The van der Waals surface area contributed by atoms with E-state index in [9.17, 15) is 4.79 Å². The van der Waals surface area contributed by atoms with Crippen LogP contribution in [0.3, 0.4) is 0 Å². The van der Waals surface area contributed by atoms with Crippen molar-refractivity contribution in [3.63, 3.8) is 0 Å². The summed E-state index contributed by atoms with van der Waals surface area (Å²) in [5.74, 6) is 0.511. The van der Waals surface area contributed by atoms with Gasteiger partial charge in [0.1, 0.15) is 18.2 Å². The summed E-state index contributed by atoms with van der Waals surface area (Å²) in [6.07, 6.45) is 1.70. The summed E-state index contributed by atoms with van der Waals surface area (Å²) < 4.78 is 13.3. The second-order valence-corrected chi connectivity index (χ2v) is 7.04. The van der Waals surface area contributed by atoms with Crippen LogP contribution in [0.5, 0.6) is 5.75 Å². The number of nitrogens with zero attached hydrogens (tertiary/aromatic N) is 5. The van der Waals surface area contributed by atoms with Crippen molar-refractivity contribution in [2.45, 2.75) is 25.6 Å². The Morgan fingerprint density at radius 3 is 2.83 bits per heavy atom. The van der Waals surface area contributed by atoms with Gasteiger partial charge in [-0.1, -0.05) is 24.3 Å². The Kier molecular flexibility index (Phi) is 5.53. The van der Waals surface area contributed by atoms with Crippen LogP contribution < -0.4 is 4.74 Å². The van der Waals surface area contributed by atoms with E-state index in [4.69, 9.17) is 9.47 Å². The van der Waals surface area contributed by atoms with Gasteiger partial charge in [-0.2, -0.15) is 0 Å². The van der Waals surface area contributed by atoms with E-state index in [0.29, 0.717) is 18.9 Å². The van der Waals surface area contributed by atoms with Crippen molar-refractivity contribution in [2.75, 3.05) is 20.2 Å². The molecule has 8 heteroatoms. The SMILES string of the molecule is C[C@@H](Oc1ccc(-n2cnnn2)cc1)C(=O)N(C)C[C@H]1OCCc2ccccc21. The van der Waals surface area contributed by atoms with Gasteiger partial charge in [0.25, 0.3) is 5.91 Å². The van der Waals surface area contributed by atoms with Gasteiger partial charge in [0.2, 0.25) is 0 Å². The molecule has 8 nitrogen and oxygen atoms in total. The lowest BCUT2D eigenvalue weighted by molar-refractivity contribution is -0.138. The average molecular weight is 393 g/mol. The Hall–Kier alpha value is -3.26. The highest BCUT2D eigenvalue weighted by molar-refractivity contribution is 5.80. The van der Waals surface area contributed by atoms with Crippen molar-refractivity contribution in [1.82, 2.24) is 25.1 Å². The molecular weight excluding hydrogens is 370 g/mol. The molecule has 2 atom stereocenters. The molecular formula is C21H23N5O3. The molecule has 1 amide bonds. The number of ether oxygens (including phenoxy) is 2. The maximum absolute atomic E-state index is 12.8. The number of hydrogen-bond acceptors (Lipinski definition) is 6. The van der Waals surface area contributed by atoms with Gasteiger partial charge in [0.15, 0.2) is 6.10 Å². The second kappa shape index (κ2) is 8.40. The molecule has 0 fully saturated rings. The van der Waals surface area contributed by atoms with Gasteiger partial charge in [0.05, 0.1) is 18.8 Å². The molecule has 2 heterocycles. The number of tetrazole rings is 1. The molecule has 150 valence electrons. The van der Waals surface area contributed by atoms with Gasteiger partial charge >= 0.3 is 0 Å². The van der Waals surface area contributed by atoms with Crippen LogP contribution in [0.1, 0.15) is 24.2 Å². The lowest BCUT2D eigenvalue weighted by atomic mass is 9.97. The number of likely N-dealkylation sites (N-methyl/N-ethyl adjacent to an activating group) is 1. The van der Waals surface area contributed by atoms with Crippen LogP contribution in [0.15, 0.2) is 54.9 Å². The van der Waals surface area contributed by atoms with E-state index < -0.39 is 6.10 Å². The van der Waals surface area contributed by atoms with E-state index >= 15 is 0 Å². The number of carbonyl (C=O) groups excluding carboxylic acids is 1. The predicted molar refractivity (Wildman–Crippen MR) is 106 cm³/mol. The highest BCUT2D eigenvalue weighted by Gasteiger charge is 2.26. The van der Waals surface area contributed by atoms with E-state index in [1.165, 1.54) is 11.9 Å². The third kappa shape index (κ3) is 4.27. The smallest absolute Gasteiger partial charge is 0.263 e. The fourth-order valence-electron chi connectivity index (χ4n) is 3.49. The summed E-state index contributed by atoms with van der Waals surface area (Å²) in [5.41, 5.74) is 3.26. The molecule has 1 aliphatic rings. The van der Waals surface area contributed by atoms with Gasteiger partial charge in [-0.05, 0) is 59.2 Å². The van der Waals surface area contributed by atoms with Crippen LogP contribution in [-0.2, 0) is 16.0 Å². The molecule has 4 rings (SSSR count). The molecule has 0 saturated carbocycles. The van der Waals surface area contributed by atoms with Crippen LogP contribution in [0.2, 0.25) is 0 Å². The third-order valence-electron chi connectivity index (χ3n) is 5.02. The van der Waals surface area contributed by atoms with E-state index in [-0.39, 0.29) is 12.0 Å². The fraction of sp³-hybridized carbons (Fsp3) is 0.333. The number of fused-ring (bicyclic) bond motifs is 1. The molecule has 3 aromatic rings. The standard InChI is InChI=1S/C21H23N5O3/c1-15(29-18-9-7-17(8-10-18)26-14-22-23-24-26)21(27)25(2)13-20-19-6-4-3-5-16(19)11-12-28-20/h3-10,14-15,20H,11-13H2,1-2H3/t15-,20-/m1/s1. The summed E-state index contributed by atoms with van der Waals surface area (Å²) in [4.78, 5) is 14.5. The molecule has 0 spiro atoms. The molecule has 0 aliphatic carbocycles. The molecule has 0 radical (unpaired) electrons. The first-order valence-electron chi connectivity index (χ1n) is 9.56. The van der Waals surface area contributed by atoms with Crippen LogP contribution in [-0.4, -0.2) is 57.3 Å². The number of rotatable bonds is 6. The number of aromatic nitrogens is 4. The molecule has 0 N–H and O–H groups in total. The van der Waals surface area contributed by atoms with Gasteiger partial charge < -0.3 is 14.4 Å². The Bertz CT molecular complexity index is 959. The predicted octanol–water partition coefficient (Wildman–Crippen LogP) is 2.20. The Morgan fingerprint density at radius 2 is 2.07 bits per heavy atom. The molecule has 0 bridgehead atoms. The minimum absolute atomic E-state index is 0.0961. The first-order chi connectivity index (χ1) is 14.1. The zero-order chi connectivity index (χ0) is 20.2. The largest absolute Gasteiger partial charge is 0.481 e. The topological polar surface area (TPSA) is 82.4 Å². The lowest BCUT2D eigenvalue weighted by Gasteiger charge is -2.30. The molecule has 2 aromatic carbocycles. The number of carbonyl (C=O) groups is 1. The summed E-state index contributed by atoms with van der Waals surface area (Å²) in [7, 11) is 1.78. The summed E-state index contributed by atoms with van der Waals surface area (Å²) >= 11 is 0. The lowest BCUT2D eigenvalue weighted by Crippen LogP contribution is -2.41. The minimum Gasteiger partial charge on any atom is -0.481 e. The third-order valence-corrected chi connectivity index (χ3v) is 5.02. The highest BCUT2D eigenvalue weighted by atomic mass is 16.5. The number of hydrogen-bond donors (Lipinski definition) is 0. The Morgan fingerprint density at radius 1 is 1.28 bits per heavy atom. The normalized spacial score (nSPS) is 16.7. The van der Waals surface area contributed by atoms with Gasteiger partial charge in [-0.25, -0.2) is 4.68 Å². The van der Waals surface area contributed by atoms with Crippen molar-refractivity contribution in [3.05, 3.63) is 66.0 Å². The summed E-state index contributed by atoms with van der Waals surface area (Å²) in [5, 5.41) is 11.1. The van der Waals surface area contributed by atoms with Gasteiger partial charge in [0, 0.05) is 7.05 Å². The zero-order valence-corrected chi connectivity index (χ0v) is 16.4. The van der Waals surface area contributed by atoms with E-state index in [0.717, 1.165) is 17.7 Å². The molecule has 29 heavy (non-hydrogen) atoms. The van der Waals surface area contributed by atoms with Crippen molar-refractivity contribution < 1.29 is 14.3 Å². The van der Waals surface area contributed by atoms with Crippen molar-refractivity contribution in [3.8, 4) is 11.4 Å². The monoisotopic (exact) mass is 393 g/mol. The minimum atomic E-state index is -0.613. The number of benzene rings is 2. The highest BCUT2D eigenvalue weighted by Crippen LogP contribution is 2.27. The molecule has 1 aromatic heterocycles.